The average Bonchev–Trinajstić information content (AvgIpc) is 3.18. The van der Waals surface area contributed by atoms with Gasteiger partial charge in [0.05, 0.1) is 17.5 Å². The molecule has 0 bridgehead atoms. The summed E-state index contributed by atoms with van der Waals surface area (Å²) in [4.78, 5) is 36.3. The van der Waals surface area contributed by atoms with Crippen molar-refractivity contribution < 1.29 is 18.9 Å². The topological polar surface area (TPSA) is 127 Å². The van der Waals surface area contributed by atoms with E-state index in [0.29, 0.717) is 17.3 Å². The predicted molar refractivity (Wildman–Crippen MR) is 117 cm³/mol. The maximum atomic E-state index is 12.5. The number of carbonyl (C=O) groups is 3. The first-order valence-corrected chi connectivity index (χ1v) is 9.69. The zero-order valence-electron chi connectivity index (χ0n) is 17.6. The number of nitrogens with one attached hydrogen (secondary N) is 2. The molecular weight excluding hydrogens is 396 g/mol. The molecular formula is C23H24N4O4. The Morgan fingerprint density at radius 3 is 2.19 bits per heavy atom. The number of rotatable bonds is 6. The van der Waals surface area contributed by atoms with Crippen molar-refractivity contribution in [3.63, 3.8) is 0 Å². The van der Waals surface area contributed by atoms with Crippen LogP contribution >= 0.6 is 0 Å². The fourth-order valence-corrected chi connectivity index (χ4v) is 2.86. The zero-order chi connectivity index (χ0) is 22.6. The number of primary amides is 1. The number of aromatic nitrogens is 1. The van der Waals surface area contributed by atoms with Gasteiger partial charge in [-0.2, -0.15) is 0 Å². The molecule has 4 N–H and O–H groups in total. The van der Waals surface area contributed by atoms with Crippen LogP contribution in [0.3, 0.4) is 0 Å². The minimum absolute atomic E-state index is 0.135. The number of carbonyl (C=O) groups excluding carboxylic acids is 3. The summed E-state index contributed by atoms with van der Waals surface area (Å²) in [6, 6.07) is 14.9. The van der Waals surface area contributed by atoms with Crippen molar-refractivity contribution in [1.82, 2.24) is 5.16 Å². The minimum Gasteiger partial charge on any atom is -0.366 e. The molecule has 3 rings (SSSR count). The van der Waals surface area contributed by atoms with Crippen LogP contribution in [0.4, 0.5) is 11.5 Å². The normalized spacial score (nSPS) is 11.1. The largest absolute Gasteiger partial charge is 0.366 e. The Kier molecular flexibility index (Phi) is 6.20. The van der Waals surface area contributed by atoms with Crippen LogP contribution in [0.2, 0.25) is 0 Å². The maximum Gasteiger partial charge on any atom is 0.256 e. The summed E-state index contributed by atoms with van der Waals surface area (Å²) >= 11 is 0. The highest BCUT2D eigenvalue weighted by molar-refractivity contribution is 6.11. The Hall–Kier alpha value is -3.94. The van der Waals surface area contributed by atoms with E-state index in [1.54, 1.807) is 42.5 Å². The number of anilines is 2. The zero-order valence-corrected chi connectivity index (χ0v) is 17.6. The van der Waals surface area contributed by atoms with E-state index in [2.05, 4.69) is 15.8 Å². The van der Waals surface area contributed by atoms with Crippen molar-refractivity contribution in [3.05, 3.63) is 77.0 Å². The van der Waals surface area contributed by atoms with E-state index >= 15 is 0 Å². The molecule has 1 heterocycles. The van der Waals surface area contributed by atoms with Crippen LogP contribution < -0.4 is 16.4 Å². The first-order chi connectivity index (χ1) is 14.6. The first kappa shape index (κ1) is 21.8. The summed E-state index contributed by atoms with van der Waals surface area (Å²) in [6.45, 7) is 5.98. The van der Waals surface area contributed by atoms with Crippen LogP contribution in [0.15, 0.2) is 59.1 Å². The maximum absolute atomic E-state index is 12.5. The van der Waals surface area contributed by atoms with Crippen molar-refractivity contribution in [2.45, 2.75) is 32.6 Å². The van der Waals surface area contributed by atoms with E-state index in [1.807, 2.05) is 20.8 Å². The molecule has 31 heavy (non-hydrogen) atoms. The summed E-state index contributed by atoms with van der Waals surface area (Å²) in [6.07, 6.45) is 0.135. The Labute approximate surface area is 179 Å². The molecule has 8 nitrogen and oxygen atoms in total. The Morgan fingerprint density at radius 1 is 0.968 bits per heavy atom. The smallest absolute Gasteiger partial charge is 0.256 e. The van der Waals surface area contributed by atoms with E-state index in [1.165, 1.54) is 12.1 Å². The van der Waals surface area contributed by atoms with E-state index in [4.69, 9.17) is 10.3 Å². The van der Waals surface area contributed by atoms with E-state index < -0.39 is 11.8 Å². The van der Waals surface area contributed by atoms with Gasteiger partial charge in [-0.3, -0.25) is 14.4 Å². The number of hydrogen-bond donors (Lipinski definition) is 3. The quantitative estimate of drug-likeness (QED) is 0.562. The second-order valence-electron chi connectivity index (χ2n) is 8.11. The highest BCUT2D eigenvalue weighted by Gasteiger charge is 2.20. The van der Waals surface area contributed by atoms with Crippen molar-refractivity contribution >= 4 is 29.2 Å². The molecule has 0 radical (unpaired) electrons. The van der Waals surface area contributed by atoms with E-state index in [9.17, 15) is 14.4 Å². The molecule has 160 valence electrons. The lowest BCUT2D eigenvalue weighted by molar-refractivity contribution is -0.115. The molecule has 0 saturated carbocycles. The lowest BCUT2D eigenvalue weighted by Crippen LogP contribution is -2.20. The second-order valence-corrected chi connectivity index (χ2v) is 8.11. The Morgan fingerprint density at radius 2 is 1.61 bits per heavy atom. The van der Waals surface area contributed by atoms with Gasteiger partial charge in [-0.15, -0.1) is 0 Å². The van der Waals surface area contributed by atoms with Gasteiger partial charge in [0.25, 0.3) is 5.91 Å². The van der Waals surface area contributed by atoms with Crippen molar-refractivity contribution in [2.75, 3.05) is 10.6 Å². The summed E-state index contributed by atoms with van der Waals surface area (Å²) in [7, 11) is 0. The molecule has 8 heteroatoms. The third kappa shape index (κ3) is 5.57. The van der Waals surface area contributed by atoms with Crippen LogP contribution in [0.1, 0.15) is 52.8 Å². The van der Waals surface area contributed by atoms with Gasteiger partial charge >= 0.3 is 0 Å². The molecule has 0 spiro atoms. The van der Waals surface area contributed by atoms with Gasteiger partial charge in [0, 0.05) is 17.2 Å². The number of nitrogens with two attached hydrogens (primary N) is 1. The van der Waals surface area contributed by atoms with Gasteiger partial charge in [-0.1, -0.05) is 50.2 Å². The van der Waals surface area contributed by atoms with Crippen molar-refractivity contribution in [2.24, 2.45) is 5.73 Å². The molecule has 0 aliphatic heterocycles. The van der Waals surface area contributed by atoms with Gasteiger partial charge in [0.15, 0.2) is 5.82 Å². The molecule has 3 aromatic rings. The lowest BCUT2D eigenvalue weighted by Gasteiger charge is -2.12. The first-order valence-electron chi connectivity index (χ1n) is 9.69. The van der Waals surface area contributed by atoms with Crippen LogP contribution in [0.25, 0.3) is 0 Å². The molecule has 0 aliphatic carbocycles. The molecule has 1 aromatic heterocycles. The summed E-state index contributed by atoms with van der Waals surface area (Å²) < 4.78 is 5.26. The summed E-state index contributed by atoms with van der Waals surface area (Å²) in [5, 5.41) is 9.30. The molecule has 0 atom stereocenters. The molecule has 2 aromatic carbocycles. The van der Waals surface area contributed by atoms with Crippen molar-refractivity contribution in [3.8, 4) is 0 Å². The molecule has 0 aliphatic rings. The van der Waals surface area contributed by atoms with Gasteiger partial charge in [-0.25, -0.2) is 0 Å². The van der Waals surface area contributed by atoms with E-state index in [0.717, 1.165) is 5.56 Å². The Balaban J connectivity index is 1.60. The predicted octanol–water partition coefficient (Wildman–Crippen LogP) is 3.50. The monoisotopic (exact) mass is 420 g/mol. The third-order valence-electron chi connectivity index (χ3n) is 4.53. The number of hydrogen-bond acceptors (Lipinski definition) is 5. The number of benzene rings is 2. The second kappa shape index (κ2) is 8.83. The van der Waals surface area contributed by atoms with E-state index in [-0.39, 0.29) is 28.9 Å². The fourth-order valence-electron chi connectivity index (χ4n) is 2.86. The Bertz CT molecular complexity index is 1110. The van der Waals surface area contributed by atoms with Gasteiger partial charge in [0.1, 0.15) is 5.76 Å². The van der Waals surface area contributed by atoms with Crippen molar-refractivity contribution in [1.29, 1.82) is 0 Å². The highest BCUT2D eigenvalue weighted by Crippen LogP contribution is 2.24. The van der Waals surface area contributed by atoms with Gasteiger partial charge in [-0.05, 0) is 29.8 Å². The van der Waals surface area contributed by atoms with Crippen LogP contribution in [-0.2, 0) is 16.6 Å². The molecule has 0 fully saturated rings. The third-order valence-corrected chi connectivity index (χ3v) is 4.53. The lowest BCUT2D eigenvalue weighted by atomic mass is 9.93. The molecule has 3 amide bonds. The average molecular weight is 420 g/mol. The highest BCUT2D eigenvalue weighted by atomic mass is 16.5. The summed E-state index contributed by atoms with van der Waals surface area (Å²) in [5.41, 5.74) is 6.75. The minimum atomic E-state index is -0.672. The number of nitrogens with zero attached hydrogens (tertiary/aromatic N) is 1. The standard InChI is InChI=1S/C23H24N4O4/c1-23(2,3)18-13-19(27-31-18)26-20(28)12-14-8-10-15(11-9-14)25-22(30)17-7-5-4-6-16(17)21(24)29/h4-11,13H,12H2,1-3H3,(H2,24,29)(H,25,30)(H,26,27,28). The van der Waals surface area contributed by atoms with Gasteiger partial charge in [0.2, 0.25) is 11.8 Å². The van der Waals surface area contributed by atoms with Crippen LogP contribution in [0.5, 0.6) is 0 Å². The van der Waals surface area contributed by atoms with Gasteiger partial charge < -0.3 is 20.9 Å². The summed E-state index contributed by atoms with van der Waals surface area (Å²) in [5.74, 6) is -0.303. The fraction of sp³-hybridized carbons (Fsp3) is 0.217. The SMILES string of the molecule is CC(C)(C)c1cc(NC(=O)Cc2ccc(NC(=O)c3ccccc3C(N)=O)cc2)no1. The molecule has 0 saturated heterocycles. The molecule has 0 unspecified atom stereocenters. The van der Waals surface area contributed by atoms with Crippen LogP contribution in [-0.4, -0.2) is 22.9 Å². The number of amides is 3. The van der Waals surface area contributed by atoms with Crippen LogP contribution in [0, 0.1) is 0 Å².